The van der Waals surface area contributed by atoms with Crippen molar-refractivity contribution in [1.29, 1.82) is 0 Å². The van der Waals surface area contributed by atoms with Crippen molar-refractivity contribution in [2.75, 3.05) is 19.6 Å². The molecule has 1 aliphatic heterocycles. The van der Waals surface area contributed by atoms with Crippen LogP contribution in [0, 0.1) is 5.92 Å². The Morgan fingerprint density at radius 1 is 1.33 bits per heavy atom. The molecule has 1 heterocycles. The minimum atomic E-state index is -6.09. The van der Waals surface area contributed by atoms with E-state index < -0.39 is 15.6 Å². The van der Waals surface area contributed by atoms with Crippen LogP contribution in [0.1, 0.15) is 33.1 Å². The monoisotopic (exact) mass is 291 g/mol. The molecule has 2 unspecified atom stereocenters. The lowest BCUT2D eigenvalue weighted by Gasteiger charge is -2.28. The molecular weight excluding hydrogens is 271 g/mol. The highest BCUT2D eigenvalue weighted by Crippen LogP contribution is 2.20. The van der Waals surface area contributed by atoms with Crippen LogP contribution in [-0.2, 0) is 10.1 Å². The molecule has 1 fully saturated rings. The lowest BCUT2D eigenvalue weighted by atomic mass is 9.96. The number of quaternary nitrogens is 1. The highest BCUT2D eigenvalue weighted by molar-refractivity contribution is 7.86. The predicted octanol–water partition coefficient (Wildman–Crippen LogP) is 0.763. The minimum Gasteiger partial charge on any atom is -0.741 e. The lowest BCUT2D eigenvalue weighted by Crippen LogP contribution is -3.13. The van der Waals surface area contributed by atoms with Crippen LogP contribution in [0.3, 0.4) is 0 Å². The summed E-state index contributed by atoms with van der Waals surface area (Å²) in [4.78, 5) is 1.82. The number of nitrogens with one attached hydrogen (secondary N) is 1. The van der Waals surface area contributed by atoms with Gasteiger partial charge in [-0.2, -0.15) is 13.2 Å². The van der Waals surface area contributed by atoms with E-state index in [4.69, 9.17) is 13.0 Å². The van der Waals surface area contributed by atoms with Gasteiger partial charge < -0.3 is 9.45 Å². The van der Waals surface area contributed by atoms with Gasteiger partial charge in [0.15, 0.2) is 10.1 Å². The van der Waals surface area contributed by atoms with Crippen LogP contribution >= 0.6 is 0 Å². The van der Waals surface area contributed by atoms with Crippen molar-refractivity contribution in [3.8, 4) is 0 Å². The molecule has 0 amide bonds. The number of piperidine rings is 1. The molecule has 0 saturated carbocycles. The fraction of sp³-hybridized carbons (Fsp3) is 1.00. The second-order valence-electron chi connectivity index (χ2n) is 4.37. The number of hydrogen-bond acceptors (Lipinski definition) is 3. The van der Waals surface area contributed by atoms with E-state index in [9.17, 15) is 13.2 Å². The molecular formula is C10H20F3NO3S. The Bertz CT molecular complexity index is 320. The molecule has 1 rings (SSSR count). The van der Waals surface area contributed by atoms with Gasteiger partial charge >= 0.3 is 5.51 Å². The zero-order valence-corrected chi connectivity index (χ0v) is 11.4. The molecule has 1 aliphatic rings. The summed E-state index contributed by atoms with van der Waals surface area (Å²) >= 11 is 0. The van der Waals surface area contributed by atoms with Crippen molar-refractivity contribution in [2.24, 2.45) is 5.92 Å². The first-order valence-corrected chi connectivity index (χ1v) is 7.38. The predicted molar refractivity (Wildman–Crippen MR) is 60.0 cm³/mol. The Balaban J connectivity index is 0.000000331. The molecule has 0 spiro atoms. The van der Waals surface area contributed by atoms with Gasteiger partial charge in [0, 0.05) is 5.92 Å². The third-order valence-corrected chi connectivity index (χ3v) is 3.65. The van der Waals surface area contributed by atoms with Crippen LogP contribution in [0.15, 0.2) is 0 Å². The summed E-state index contributed by atoms with van der Waals surface area (Å²) in [5, 5.41) is 0. The van der Waals surface area contributed by atoms with Crippen LogP contribution in [0.2, 0.25) is 0 Å². The van der Waals surface area contributed by atoms with E-state index in [0.717, 1.165) is 5.92 Å². The number of halogens is 3. The number of alkyl halides is 3. The van der Waals surface area contributed by atoms with Crippen LogP contribution < -0.4 is 4.90 Å². The Morgan fingerprint density at radius 3 is 2.17 bits per heavy atom. The van der Waals surface area contributed by atoms with Crippen LogP contribution in [-0.4, -0.2) is 38.1 Å². The molecule has 18 heavy (non-hydrogen) atoms. The number of hydrogen-bond donors (Lipinski definition) is 1. The van der Waals surface area contributed by atoms with Gasteiger partial charge in [0.1, 0.15) is 0 Å². The van der Waals surface area contributed by atoms with Gasteiger partial charge in [-0.3, -0.25) is 0 Å². The molecule has 4 nitrogen and oxygen atoms in total. The maximum absolute atomic E-state index is 10.7. The molecule has 0 radical (unpaired) electrons. The maximum Gasteiger partial charge on any atom is 0.485 e. The van der Waals surface area contributed by atoms with Gasteiger partial charge in [-0.05, 0) is 26.2 Å². The Morgan fingerprint density at radius 2 is 1.83 bits per heavy atom. The van der Waals surface area contributed by atoms with Crippen LogP contribution in [0.25, 0.3) is 0 Å². The van der Waals surface area contributed by atoms with E-state index in [1.165, 1.54) is 38.9 Å². The van der Waals surface area contributed by atoms with Crippen molar-refractivity contribution in [3.63, 3.8) is 0 Å². The highest BCUT2D eigenvalue weighted by atomic mass is 32.2. The average molecular weight is 291 g/mol. The summed E-state index contributed by atoms with van der Waals surface area (Å²) in [5.41, 5.74) is -5.65. The second kappa shape index (κ2) is 7.30. The first-order chi connectivity index (χ1) is 8.11. The summed E-state index contributed by atoms with van der Waals surface area (Å²) in [6.45, 7) is 8.81. The average Bonchev–Trinajstić information content (AvgIpc) is 2.27. The Hall–Kier alpha value is -0.340. The summed E-state index contributed by atoms with van der Waals surface area (Å²) in [6.07, 6.45) is 4.34. The van der Waals surface area contributed by atoms with Gasteiger partial charge in [-0.15, -0.1) is 0 Å². The smallest absolute Gasteiger partial charge is 0.485 e. The van der Waals surface area contributed by atoms with E-state index in [1.807, 2.05) is 4.90 Å². The lowest BCUT2D eigenvalue weighted by molar-refractivity contribution is -0.907. The molecule has 0 aromatic rings. The molecule has 8 heteroatoms. The SMILES string of the molecule is CCC1CCC[NH+](CC)C1.O=S(=O)([O-])C(F)(F)F. The first-order valence-electron chi connectivity index (χ1n) is 5.97. The zero-order chi connectivity index (χ0) is 14.4. The van der Waals surface area contributed by atoms with Crippen molar-refractivity contribution >= 4 is 10.1 Å². The van der Waals surface area contributed by atoms with Crippen LogP contribution in [0.5, 0.6) is 0 Å². The molecule has 2 atom stereocenters. The zero-order valence-electron chi connectivity index (χ0n) is 10.6. The largest absolute Gasteiger partial charge is 0.741 e. The summed E-state index contributed by atoms with van der Waals surface area (Å²) in [7, 11) is -6.09. The topological polar surface area (TPSA) is 61.6 Å². The summed E-state index contributed by atoms with van der Waals surface area (Å²) in [6, 6.07) is 0. The van der Waals surface area contributed by atoms with E-state index in [0.29, 0.717) is 0 Å². The molecule has 0 bridgehead atoms. The molecule has 0 aromatic carbocycles. The summed E-state index contributed by atoms with van der Waals surface area (Å²) in [5.74, 6) is 1.03. The Labute approximate surface area is 106 Å². The quantitative estimate of drug-likeness (QED) is 0.603. The molecule has 0 aromatic heterocycles. The van der Waals surface area contributed by atoms with Gasteiger partial charge in [0.05, 0.1) is 19.6 Å². The summed E-state index contributed by atoms with van der Waals surface area (Å²) < 4.78 is 58.9. The van der Waals surface area contributed by atoms with Crippen molar-refractivity contribution in [1.82, 2.24) is 0 Å². The Kier molecular flexibility index (Phi) is 7.16. The molecule has 110 valence electrons. The first kappa shape index (κ1) is 17.7. The van der Waals surface area contributed by atoms with Gasteiger partial charge in [0.2, 0.25) is 0 Å². The van der Waals surface area contributed by atoms with E-state index in [1.54, 1.807) is 0 Å². The number of rotatable bonds is 2. The normalized spacial score (nSPS) is 25.2. The van der Waals surface area contributed by atoms with E-state index in [2.05, 4.69) is 13.8 Å². The molecule has 0 aliphatic carbocycles. The standard InChI is InChI=1S/C9H19N.CHF3O3S/c1-3-9-6-5-7-10(4-2)8-9;2-1(3,4)8(5,6)7/h9H,3-8H2,1-2H3;(H,5,6,7). The highest BCUT2D eigenvalue weighted by Gasteiger charge is 2.36. The maximum atomic E-state index is 10.7. The second-order valence-corrected chi connectivity index (χ2v) is 5.75. The number of likely N-dealkylation sites (tertiary alicyclic amines) is 1. The van der Waals surface area contributed by atoms with Crippen molar-refractivity contribution < 1.29 is 31.0 Å². The van der Waals surface area contributed by atoms with E-state index >= 15 is 0 Å². The minimum absolute atomic E-state index is 1.03. The molecule has 1 N–H and O–H groups in total. The third-order valence-electron chi connectivity index (χ3n) is 3.08. The fourth-order valence-corrected chi connectivity index (χ4v) is 1.92. The van der Waals surface area contributed by atoms with Gasteiger partial charge in [-0.25, -0.2) is 8.42 Å². The van der Waals surface area contributed by atoms with Gasteiger partial charge in [-0.1, -0.05) is 6.92 Å². The third kappa shape index (κ3) is 6.55. The van der Waals surface area contributed by atoms with Crippen molar-refractivity contribution in [2.45, 2.75) is 38.6 Å². The van der Waals surface area contributed by atoms with Crippen molar-refractivity contribution in [3.05, 3.63) is 0 Å². The van der Waals surface area contributed by atoms with Crippen LogP contribution in [0.4, 0.5) is 13.2 Å². The van der Waals surface area contributed by atoms with E-state index in [-0.39, 0.29) is 0 Å². The fourth-order valence-electron chi connectivity index (χ4n) is 1.92. The molecule has 1 saturated heterocycles. The van der Waals surface area contributed by atoms with Gasteiger partial charge in [0.25, 0.3) is 0 Å².